The SMILES string of the molecule is Cc1ccc(CCC(=O)N2CCC[C@@H]2C(=O)N2CCOCC2)cc1. The van der Waals surface area contributed by atoms with Gasteiger partial charge in [0, 0.05) is 26.1 Å². The number of nitrogens with zero attached hydrogens (tertiary/aromatic N) is 2. The Morgan fingerprint density at radius 3 is 2.54 bits per heavy atom. The lowest BCUT2D eigenvalue weighted by Gasteiger charge is -2.32. The van der Waals surface area contributed by atoms with Crippen LogP contribution < -0.4 is 0 Å². The van der Waals surface area contributed by atoms with Crippen molar-refractivity contribution in [3.63, 3.8) is 0 Å². The molecule has 5 heteroatoms. The van der Waals surface area contributed by atoms with Crippen molar-refractivity contribution in [2.24, 2.45) is 0 Å². The predicted molar refractivity (Wildman–Crippen MR) is 91.6 cm³/mol. The lowest BCUT2D eigenvalue weighted by molar-refractivity contribution is -0.146. The number of benzene rings is 1. The number of likely N-dealkylation sites (tertiary alicyclic amines) is 1. The fourth-order valence-electron chi connectivity index (χ4n) is 3.47. The number of aryl methyl sites for hydroxylation is 2. The van der Waals surface area contributed by atoms with Crippen molar-refractivity contribution in [3.8, 4) is 0 Å². The molecule has 0 aliphatic carbocycles. The van der Waals surface area contributed by atoms with Gasteiger partial charge in [-0.2, -0.15) is 0 Å². The molecule has 1 aromatic rings. The van der Waals surface area contributed by atoms with Gasteiger partial charge in [0.05, 0.1) is 13.2 Å². The number of carbonyl (C=O) groups excluding carboxylic acids is 2. The number of carbonyl (C=O) groups is 2. The Hall–Kier alpha value is -1.88. The first-order chi connectivity index (χ1) is 11.6. The van der Waals surface area contributed by atoms with Crippen molar-refractivity contribution in [2.75, 3.05) is 32.8 Å². The molecule has 130 valence electrons. The van der Waals surface area contributed by atoms with E-state index in [2.05, 4.69) is 31.2 Å². The third-order valence-electron chi connectivity index (χ3n) is 4.93. The number of amides is 2. The van der Waals surface area contributed by atoms with Crippen molar-refractivity contribution < 1.29 is 14.3 Å². The van der Waals surface area contributed by atoms with Gasteiger partial charge in [-0.3, -0.25) is 9.59 Å². The van der Waals surface area contributed by atoms with E-state index in [0.717, 1.165) is 19.3 Å². The topological polar surface area (TPSA) is 49.9 Å². The van der Waals surface area contributed by atoms with Crippen LogP contribution >= 0.6 is 0 Å². The van der Waals surface area contributed by atoms with Crippen LogP contribution in [0.15, 0.2) is 24.3 Å². The maximum atomic E-state index is 12.7. The van der Waals surface area contributed by atoms with Crippen molar-refractivity contribution in [1.82, 2.24) is 9.80 Å². The minimum Gasteiger partial charge on any atom is -0.378 e. The van der Waals surface area contributed by atoms with E-state index < -0.39 is 0 Å². The predicted octanol–water partition coefficient (Wildman–Crippen LogP) is 1.78. The first-order valence-corrected chi connectivity index (χ1v) is 8.87. The van der Waals surface area contributed by atoms with Crippen LogP contribution in [0, 0.1) is 6.92 Å². The summed E-state index contributed by atoms with van der Waals surface area (Å²) in [6.45, 7) is 5.23. The van der Waals surface area contributed by atoms with Crippen LogP contribution in [0.1, 0.15) is 30.4 Å². The summed E-state index contributed by atoms with van der Waals surface area (Å²) in [6, 6.07) is 8.01. The van der Waals surface area contributed by atoms with Crippen LogP contribution in [0.4, 0.5) is 0 Å². The Labute approximate surface area is 143 Å². The molecule has 1 atom stereocenters. The number of rotatable bonds is 4. The second-order valence-electron chi connectivity index (χ2n) is 6.67. The summed E-state index contributed by atoms with van der Waals surface area (Å²) < 4.78 is 5.31. The van der Waals surface area contributed by atoms with Crippen LogP contribution in [0.2, 0.25) is 0 Å². The first kappa shape index (κ1) is 17.0. The smallest absolute Gasteiger partial charge is 0.245 e. The van der Waals surface area contributed by atoms with Crippen molar-refractivity contribution in [2.45, 2.75) is 38.6 Å². The van der Waals surface area contributed by atoms with Crippen molar-refractivity contribution in [3.05, 3.63) is 35.4 Å². The van der Waals surface area contributed by atoms with Gasteiger partial charge in [-0.15, -0.1) is 0 Å². The summed E-state index contributed by atoms with van der Waals surface area (Å²) in [5, 5.41) is 0. The molecule has 5 nitrogen and oxygen atoms in total. The molecule has 0 spiro atoms. The van der Waals surface area contributed by atoms with E-state index >= 15 is 0 Å². The van der Waals surface area contributed by atoms with Crippen LogP contribution in [0.3, 0.4) is 0 Å². The number of hydrogen-bond donors (Lipinski definition) is 0. The molecule has 2 amide bonds. The van der Waals surface area contributed by atoms with Gasteiger partial charge < -0.3 is 14.5 Å². The van der Waals surface area contributed by atoms with Crippen LogP contribution in [-0.2, 0) is 20.7 Å². The van der Waals surface area contributed by atoms with Gasteiger partial charge in [-0.1, -0.05) is 29.8 Å². The second kappa shape index (κ2) is 7.79. The van der Waals surface area contributed by atoms with E-state index in [9.17, 15) is 9.59 Å². The van der Waals surface area contributed by atoms with Gasteiger partial charge in [-0.05, 0) is 31.7 Å². The van der Waals surface area contributed by atoms with Crippen LogP contribution in [-0.4, -0.2) is 60.5 Å². The second-order valence-corrected chi connectivity index (χ2v) is 6.67. The zero-order chi connectivity index (χ0) is 16.9. The quantitative estimate of drug-likeness (QED) is 0.845. The lowest BCUT2D eigenvalue weighted by Crippen LogP contribution is -2.51. The fraction of sp³-hybridized carbons (Fsp3) is 0.579. The van der Waals surface area contributed by atoms with Gasteiger partial charge in [-0.25, -0.2) is 0 Å². The summed E-state index contributed by atoms with van der Waals surface area (Å²) in [5.41, 5.74) is 2.39. The summed E-state index contributed by atoms with van der Waals surface area (Å²) in [6.07, 6.45) is 2.90. The van der Waals surface area contributed by atoms with E-state index in [1.165, 1.54) is 11.1 Å². The minimum atomic E-state index is -0.270. The summed E-state index contributed by atoms with van der Waals surface area (Å²) in [5.74, 6) is 0.194. The molecule has 0 unspecified atom stereocenters. The normalized spacial score (nSPS) is 21.1. The average Bonchev–Trinajstić information content (AvgIpc) is 3.11. The lowest BCUT2D eigenvalue weighted by atomic mass is 10.1. The molecule has 2 aliphatic heterocycles. The molecule has 1 aromatic carbocycles. The van der Waals surface area contributed by atoms with E-state index in [1.807, 2.05) is 4.90 Å². The average molecular weight is 330 g/mol. The summed E-state index contributed by atoms with van der Waals surface area (Å²) in [4.78, 5) is 29.0. The molecule has 2 saturated heterocycles. The molecule has 0 N–H and O–H groups in total. The van der Waals surface area contributed by atoms with Crippen molar-refractivity contribution >= 4 is 11.8 Å². The van der Waals surface area contributed by atoms with E-state index in [4.69, 9.17) is 4.74 Å². The highest BCUT2D eigenvalue weighted by atomic mass is 16.5. The van der Waals surface area contributed by atoms with E-state index in [-0.39, 0.29) is 17.9 Å². The van der Waals surface area contributed by atoms with Gasteiger partial charge in [0.1, 0.15) is 6.04 Å². The Balaban J connectivity index is 1.56. The highest BCUT2D eigenvalue weighted by Crippen LogP contribution is 2.21. The maximum Gasteiger partial charge on any atom is 0.245 e. The van der Waals surface area contributed by atoms with Gasteiger partial charge in [0.15, 0.2) is 0 Å². The monoisotopic (exact) mass is 330 g/mol. The standard InChI is InChI=1S/C19H26N2O3/c1-15-4-6-16(7-5-15)8-9-18(22)21-10-2-3-17(21)19(23)20-11-13-24-14-12-20/h4-7,17H,2-3,8-14H2,1H3/t17-/m1/s1. The molecule has 24 heavy (non-hydrogen) atoms. The molecule has 2 fully saturated rings. The summed E-state index contributed by atoms with van der Waals surface area (Å²) >= 11 is 0. The molecule has 0 bridgehead atoms. The third-order valence-corrected chi connectivity index (χ3v) is 4.93. The molecule has 2 heterocycles. The highest BCUT2D eigenvalue weighted by molar-refractivity contribution is 5.88. The molecule has 3 rings (SSSR count). The highest BCUT2D eigenvalue weighted by Gasteiger charge is 2.36. The number of ether oxygens (including phenoxy) is 1. The molecule has 0 radical (unpaired) electrons. The van der Waals surface area contributed by atoms with Gasteiger partial charge in [0.2, 0.25) is 11.8 Å². The molecular weight excluding hydrogens is 304 g/mol. The Kier molecular flexibility index (Phi) is 5.51. The fourth-order valence-corrected chi connectivity index (χ4v) is 3.47. The first-order valence-electron chi connectivity index (χ1n) is 8.87. The Bertz CT molecular complexity index is 579. The van der Waals surface area contributed by atoms with Crippen molar-refractivity contribution in [1.29, 1.82) is 0 Å². The van der Waals surface area contributed by atoms with Gasteiger partial charge in [0.25, 0.3) is 0 Å². The summed E-state index contributed by atoms with van der Waals surface area (Å²) in [7, 11) is 0. The number of hydrogen-bond acceptors (Lipinski definition) is 3. The third kappa shape index (κ3) is 3.96. The van der Waals surface area contributed by atoms with Crippen LogP contribution in [0.25, 0.3) is 0 Å². The molecular formula is C19H26N2O3. The number of morpholine rings is 1. The van der Waals surface area contributed by atoms with E-state index in [1.54, 1.807) is 4.90 Å². The Morgan fingerprint density at radius 2 is 1.83 bits per heavy atom. The largest absolute Gasteiger partial charge is 0.378 e. The Morgan fingerprint density at radius 1 is 1.12 bits per heavy atom. The molecule has 2 aliphatic rings. The molecule has 0 saturated carbocycles. The zero-order valence-corrected chi connectivity index (χ0v) is 14.4. The van der Waals surface area contributed by atoms with Crippen LogP contribution in [0.5, 0.6) is 0 Å². The zero-order valence-electron chi connectivity index (χ0n) is 14.4. The van der Waals surface area contributed by atoms with E-state index in [0.29, 0.717) is 39.3 Å². The maximum absolute atomic E-state index is 12.7. The minimum absolute atomic E-state index is 0.0967. The van der Waals surface area contributed by atoms with Gasteiger partial charge >= 0.3 is 0 Å². The molecule has 0 aromatic heterocycles.